The Bertz CT molecular complexity index is 403. The summed E-state index contributed by atoms with van der Waals surface area (Å²) in [5.41, 5.74) is 2.53. The Morgan fingerprint density at radius 2 is 2.24 bits per heavy atom. The molecule has 3 nitrogen and oxygen atoms in total. The Labute approximate surface area is 102 Å². The van der Waals surface area contributed by atoms with E-state index in [1.54, 1.807) is 0 Å². The third-order valence-corrected chi connectivity index (χ3v) is 3.43. The molecule has 0 spiro atoms. The molecule has 0 unspecified atom stereocenters. The van der Waals surface area contributed by atoms with Crippen molar-refractivity contribution in [3.63, 3.8) is 0 Å². The van der Waals surface area contributed by atoms with Crippen LogP contribution in [0.2, 0.25) is 0 Å². The van der Waals surface area contributed by atoms with Gasteiger partial charge in [-0.1, -0.05) is 31.2 Å². The minimum Gasteiger partial charge on any atom is -0.480 e. The van der Waals surface area contributed by atoms with Crippen LogP contribution in [0.5, 0.6) is 0 Å². The number of rotatable bonds is 4. The first-order valence-corrected chi connectivity index (χ1v) is 6.25. The third kappa shape index (κ3) is 2.86. The van der Waals surface area contributed by atoms with Crippen molar-refractivity contribution in [3.05, 3.63) is 35.4 Å². The number of hydrogen-bond acceptors (Lipinski definition) is 2. The lowest BCUT2D eigenvalue weighted by molar-refractivity contribution is -0.142. The molecular weight excluding hydrogens is 214 g/mol. The van der Waals surface area contributed by atoms with E-state index < -0.39 is 5.97 Å². The van der Waals surface area contributed by atoms with Crippen LogP contribution in [-0.2, 0) is 17.8 Å². The van der Waals surface area contributed by atoms with Crippen LogP contribution in [0, 0.1) is 0 Å². The van der Waals surface area contributed by atoms with Crippen LogP contribution in [0.3, 0.4) is 0 Å². The zero-order chi connectivity index (χ0) is 12.3. The summed E-state index contributed by atoms with van der Waals surface area (Å²) in [6.45, 7) is 3.78. The Morgan fingerprint density at radius 1 is 1.47 bits per heavy atom. The van der Waals surface area contributed by atoms with Crippen LogP contribution >= 0.6 is 0 Å². The van der Waals surface area contributed by atoms with E-state index in [4.69, 9.17) is 5.11 Å². The molecule has 1 aromatic rings. The molecule has 1 heterocycles. The van der Waals surface area contributed by atoms with E-state index in [1.807, 2.05) is 0 Å². The highest BCUT2D eigenvalue weighted by molar-refractivity contribution is 5.73. The number of aliphatic carboxylic acids is 1. The number of hydrogen-bond donors (Lipinski definition) is 1. The lowest BCUT2D eigenvalue weighted by Gasteiger charge is -2.21. The van der Waals surface area contributed by atoms with Gasteiger partial charge in [-0.25, -0.2) is 0 Å². The van der Waals surface area contributed by atoms with Crippen LogP contribution in [0.1, 0.15) is 30.9 Å². The van der Waals surface area contributed by atoms with Gasteiger partial charge in [-0.3, -0.25) is 9.69 Å². The highest BCUT2D eigenvalue weighted by atomic mass is 16.4. The van der Waals surface area contributed by atoms with E-state index in [-0.39, 0.29) is 6.04 Å². The van der Waals surface area contributed by atoms with E-state index in [0.717, 1.165) is 32.4 Å². The Balaban J connectivity index is 2.06. The summed E-state index contributed by atoms with van der Waals surface area (Å²) in [6, 6.07) is 8.13. The molecule has 0 aromatic heterocycles. The molecular formula is C14H19NO2. The fraction of sp³-hybridized carbons (Fsp3) is 0.500. The average Bonchev–Trinajstić information content (AvgIpc) is 2.77. The second-order valence-corrected chi connectivity index (χ2v) is 4.64. The van der Waals surface area contributed by atoms with Gasteiger partial charge in [0, 0.05) is 6.54 Å². The van der Waals surface area contributed by atoms with Crippen molar-refractivity contribution in [2.24, 2.45) is 0 Å². The minimum atomic E-state index is -0.686. The minimum absolute atomic E-state index is 0.291. The summed E-state index contributed by atoms with van der Waals surface area (Å²) in [7, 11) is 0. The maximum absolute atomic E-state index is 11.1. The molecule has 0 radical (unpaired) electrons. The smallest absolute Gasteiger partial charge is 0.320 e. The van der Waals surface area contributed by atoms with Crippen LogP contribution in [-0.4, -0.2) is 28.6 Å². The number of likely N-dealkylation sites (tertiary alicyclic amines) is 1. The first-order chi connectivity index (χ1) is 8.20. The molecule has 0 bridgehead atoms. The topological polar surface area (TPSA) is 40.5 Å². The summed E-state index contributed by atoms with van der Waals surface area (Å²) in [6.07, 6.45) is 2.80. The van der Waals surface area contributed by atoms with Gasteiger partial charge in [-0.15, -0.1) is 0 Å². The molecule has 2 rings (SSSR count). The lowest BCUT2D eigenvalue weighted by Crippen LogP contribution is -2.35. The van der Waals surface area contributed by atoms with Gasteiger partial charge in [-0.05, 0) is 36.9 Å². The van der Waals surface area contributed by atoms with Crippen LogP contribution in [0.4, 0.5) is 0 Å². The Hall–Kier alpha value is -1.35. The Kier molecular flexibility index (Phi) is 3.79. The second-order valence-electron chi connectivity index (χ2n) is 4.64. The number of benzene rings is 1. The molecule has 17 heavy (non-hydrogen) atoms. The molecule has 0 amide bonds. The summed E-state index contributed by atoms with van der Waals surface area (Å²) in [5, 5.41) is 9.12. The molecule has 1 saturated heterocycles. The molecule has 1 aliphatic rings. The van der Waals surface area contributed by atoms with Gasteiger partial charge in [0.05, 0.1) is 0 Å². The van der Waals surface area contributed by atoms with Gasteiger partial charge < -0.3 is 5.11 Å². The highest BCUT2D eigenvalue weighted by Crippen LogP contribution is 2.20. The summed E-state index contributed by atoms with van der Waals surface area (Å²) < 4.78 is 0. The van der Waals surface area contributed by atoms with Crippen molar-refractivity contribution >= 4 is 5.97 Å². The summed E-state index contributed by atoms with van der Waals surface area (Å²) in [5.74, 6) is -0.686. The molecule has 3 heteroatoms. The van der Waals surface area contributed by atoms with Crippen molar-refractivity contribution in [1.82, 2.24) is 4.90 Å². The maximum Gasteiger partial charge on any atom is 0.320 e. The van der Waals surface area contributed by atoms with E-state index in [2.05, 4.69) is 36.1 Å². The third-order valence-electron chi connectivity index (χ3n) is 3.43. The quantitative estimate of drug-likeness (QED) is 0.867. The second kappa shape index (κ2) is 5.32. The number of carbonyl (C=O) groups is 1. The average molecular weight is 233 g/mol. The maximum atomic E-state index is 11.1. The Morgan fingerprint density at radius 3 is 2.94 bits per heavy atom. The van der Waals surface area contributed by atoms with E-state index in [9.17, 15) is 4.79 Å². The summed E-state index contributed by atoms with van der Waals surface area (Å²) >= 11 is 0. The predicted octanol–water partition coefficient (Wildman–Crippen LogP) is 2.30. The number of carboxylic acid groups (broad SMARTS) is 1. The van der Waals surface area contributed by atoms with Gasteiger partial charge in [0.25, 0.3) is 0 Å². The largest absolute Gasteiger partial charge is 0.480 e. The monoisotopic (exact) mass is 233 g/mol. The van der Waals surface area contributed by atoms with Crippen molar-refractivity contribution < 1.29 is 9.90 Å². The van der Waals surface area contributed by atoms with Crippen molar-refractivity contribution in [2.45, 2.75) is 38.8 Å². The van der Waals surface area contributed by atoms with Crippen LogP contribution in [0.25, 0.3) is 0 Å². The molecule has 1 fully saturated rings. The molecule has 92 valence electrons. The van der Waals surface area contributed by atoms with Crippen molar-refractivity contribution in [3.8, 4) is 0 Å². The fourth-order valence-electron chi connectivity index (χ4n) is 2.48. The molecule has 0 saturated carbocycles. The van der Waals surface area contributed by atoms with Gasteiger partial charge >= 0.3 is 5.97 Å². The van der Waals surface area contributed by atoms with Crippen LogP contribution < -0.4 is 0 Å². The fourth-order valence-corrected chi connectivity index (χ4v) is 2.48. The van der Waals surface area contributed by atoms with Gasteiger partial charge in [-0.2, -0.15) is 0 Å². The van der Waals surface area contributed by atoms with Gasteiger partial charge in [0.15, 0.2) is 0 Å². The molecule has 1 atom stereocenters. The number of carboxylic acids is 1. The van der Waals surface area contributed by atoms with E-state index >= 15 is 0 Å². The molecule has 1 N–H and O–H groups in total. The van der Waals surface area contributed by atoms with E-state index in [1.165, 1.54) is 11.1 Å². The molecule has 0 aliphatic carbocycles. The van der Waals surface area contributed by atoms with Crippen molar-refractivity contribution in [1.29, 1.82) is 0 Å². The van der Waals surface area contributed by atoms with Crippen molar-refractivity contribution in [2.75, 3.05) is 6.54 Å². The number of aryl methyl sites for hydroxylation is 1. The summed E-state index contributed by atoms with van der Waals surface area (Å²) in [4.78, 5) is 13.2. The standard InChI is InChI=1S/C14H19NO2/c1-2-11-5-3-6-12(9-11)10-15-8-4-7-13(15)14(16)17/h3,5-6,9,13H,2,4,7-8,10H2,1H3,(H,16,17)/t13-/m0/s1. The highest BCUT2D eigenvalue weighted by Gasteiger charge is 2.30. The lowest BCUT2D eigenvalue weighted by atomic mass is 10.1. The van der Waals surface area contributed by atoms with E-state index in [0.29, 0.717) is 0 Å². The predicted molar refractivity (Wildman–Crippen MR) is 66.9 cm³/mol. The van der Waals surface area contributed by atoms with Gasteiger partial charge in [0.2, 0.25) is 0 Å². The zero-order valence-corrected chi connectivity index (χ0v) is 10.2. The SMILES string of the molecule is CCc1cccc(CN2CCC[C@H]2C(=O)O)c1. The number of nitrogens with zero attached hydrogens (tertiary/aromatic N) is 1. The molecule has 1 aromatic carbocycles. The first kappa shape index (κ1) is 12.1. The zero-order valence-electron chi connectivity index (χ0n) is 10.2. The first-order valence-electron chi connectivity index (χ1n) is 6.25. The normalized spacial score (nSPS) is 20.6. The van der Waals surface area contributed by atoms with Gasteiger partial charge in [0.1, 0.15) is 6.04 Å². The molecule has 1 aliphatic heterocycles. The van der Waals surface area contributed by atoms with Crippen LogP contribution in [0.15, 0.2) is 24.3 Å².